The van der Waals surface area contributed by atoms with E-state index >= 15 is 0 Å². The molecule has 0 atom stereocenters. The molecule has 0 heterocycles. The Morgan fingerprint density at radius 2 is 1.00 bits per heavy atom. The maximum absolute atomic E-state index is 6.05. The molecule has 0 N–H and O–H groups in total. The largest absolute Gasteiger partial charge is 0.0840 e. The van der Waals surface area contributed by atoms with Crippen LogP contribution >= 0.6 is 46.4 Å². The van der Waals surface area contributed by atoms with Gasteiger partial charge in [0, 0.05) is 20.1 Å². The predicted octanol–water partition coefficient (Wildman–Crippen LogP) is 8.54. The van der Waals surface area contributed by atoms with Crippen molar-refractivity contribution in [2.75, 3.05) is 0 Å². The van der Waals surface area contributed by atoms with Gasteiger partial charge in [-0.3, -0.25) is 0 Å². The summed E-state index contributed by atoms with van der Waals surface area (Å²) < 4.78 is 0. The Morgan fingerprint density at radius 3 is 1.30 bits per heavy atom. The second-order valence-corrected chi connectivity index (χ2v) is 7.72. The molecule has 0 fully saturated rings. The van der Waals surface area contributed by atoms with Gasteiger partial charge in [-0.25, -0.2) is 0 Å². The van der Waals surface area contributed by atoms with Crippen molar-refractivity contribution in [1.29, 1.82) is 0 Å². The van der Waals surface area contributed by atoms with Gasteiger partial charge in [-0.1, -0.05) is 80.2 Å². The molecule has 4 heteroatoms. The summed E-state index contributed by atoms with van der Waals surface area (Å²) in [5.41, 5.74) is 3.19. The molecule has 2 aromatic rings. The van der Waals surface area contributed by atoms with Gasteiger partial charge in [0.25, 0.3) is 0 Å². The third-order valence-corrected chi connectivity index (χ3v) is 4.66. The van der Waals surface area contributed by atoms with E-state index in [2.05, 4.69) is 27.7 Å². The first-order valence-electron chi connectivity index (χ1n) is 7.54. The molecule has 0 aliphatic carbocycles. The summed E-state index contributed by atoms with van der Waals surface area (Å²) in [6.07, 6.45) is 0. The SMILES string of the molecule is CC(C)c1c(Cl)cccc1Cl.Cc1cc(Cl)c(C(C)C)c(Cl)c1. The van der Waals surface area contributed by atoms with E-state index in [4.69, 9.17) is 46.4 Å². The zero-order valence-corrected chi connectivity index (χ0v) is 17.1. The van der Waals surface area contributed by atoms with E-state index in [0.29, 0.717) is 11.8 Å². The lowest BCUT2D eigenvalue weighted by atomic mass is 10.0. The molecule has 126 valence electrons. The number of hydrogen-bond donors (Lipinski definition) is 0. The first kappa shape index (κ1) is 20.6. The molecule has 0 saturated carbocycles. The molecule has 0 amide bonds. The summed E-state index contributed by atoms with van der Waals surface area (Å²) in [5.74, 6) is 0.766. The Balaban J connectivity index is 0.000000231. The minimum Gasteiger partial charge on any atom is -0.0840 e. The van der Waals surface area contributed by atoms with Gasteiger partial charge in [0.05, 0.1) is 0 Å². The normalized spacial score (nSPS) is 10.7. The molecule has 0 spiro atoms. The number of hydrogen-bond acceptors (Lipinski definition) is 0. The smallest absolute Gasteiger partial charge is 0.0458 e. The van der Waals surface area contributed by atoms with Crippen molar-refractivity contribution in [1.82, 2.24) is 0 Å². The maximum atomic E-state index is 6.05. The quantitative estimate of drug-likeness (QED) is 0.480. The zero-order chi connectivity index (χ0) is 17.7. The zero-order valence-electron chi connectivity index (χ0n) is 14.1. The van der Waals surface area contributed by atoms with Crippen molar-refractivity contribution >= 4 is 46.4 Å². The minimum absolute atomic E-state index is 0.380. The van der Waals surface area contributed by atoms with Gasteiger partial charge >= 0.3 is 0 Å². The van der Waals surface area contributed by atoms with Crippen LogP contribution in [0.15, 0.2) is 30.3 Å². The molecule has 23 heavy (non-hydrogen) atoms. The van der Waals surface area contributed by atoms with Crippen LogP contribution in [0.1, 0.15) is 56.2 Å². The van der Waals surface area contributed by atoms with E-state index in [-0.39, 0.29) is 0 Å². The summed E-state index contributed by atoms with van der Waals surface area (Å²) >= 11 is 24.0. The number of halogens is 4. The second-order valence-electron chi connectivity index (χ2n) is 6.09. The van der Waals surface area contributed by atoms with Crippen LogP contribution in [-0.2, 0) is 0 Å². The number of aryl methyl sites for hydroxylation is 1. The van der Waals surface area contributed by atoms with Crippen LogP contribution in [0.2, 0.25) is 20.1 Å². The highest BCUT2D eigenvalue weighted by Gasteiger charge is 2.10. The standard InChI is InChI=1S/C10H12Cl2.C9H10Cl2/c1-6(2)10-8(11)4-7(3)5-9(10)12;1-6(2)9-7(10)4-3-5-8(9)11/h4-6H,1-3H3;3-6H,1-2H3. The third kappa shape index (κ3) is 5.87. The Labute approximate surface area is 159 Å². The molecular formula is C19H22Cl4. The van der Waals surface area contributed by atoms with E-state index < -0.39 is 0 Å². The summed E-state index contributed by atoms with van der Waals surface area (Å²) in [6, 6.07) is 9.48. The molecule has 0 nitrogen and oxygen atoms in total. The summed E-state index contributed by atoms with van der Waals surface area (Å²) in [7, 11) is 0. The molecule has 2 rings (SSSR count). The Morgan fingerprint density at radius 1 is 0.652 bits per heavy atom. The monoisotopic (exact) mass is 390 g/mol. The average Bonchev–Trinajstić information content (AvgIpc) is 2.36. The van der Waals surface area contributed by atoms with Crippen LogP contribution in [0.25, 0.3) is 0 Å². The second kappa shape index (κ2) is 9.18. The first-order valence-corrected chi connectivity index (χ1v) is 9.05. The van der Waals surface area contributed by atoms with Gasteiger partial charge < -0.3 is 0 Å². The van der Waals surface area contributed by atoms with Crippen molar-refractivity contribution in [2.24, 2.45) is 0 Å². The lowest BCUT2D eigenvalue weighted by molar-refractivity contribution is 0.866. The maximum Gasteiger partial charge on any atom is 0.0458 e. The lowest BCUT2D eigenvalue weighted by Gasteiger charge is -2.11. The van der Waals surface area contributed by atoms with Gasteiger partial charge in [-0.15, -0.1) is 0 Å². The van der Waals surface area contributed by atoms with Crippen LogP contribution in [0.3, 0.4) is 0 Å². The molecule has 0 bridgehead atoms. The minimum atomic E-state index is 0.380. The molecule has 0 aliphatic heterocycles. The van der Waals surface area contributed by atoms with Gasteiger partial charge in [0.15, 0.2) is 0 Å². The third-order valence-electron chi connectivity index (χ3n) is 3.38. The Kier molecular flexibility index (Phi) is 8.24. The number of benzene rings is 2. The fourth-order valence-electron chi connectivity index (χ4n) is 2.32. The van der Waals surface area contributed by atoms with E-state index in [0.717, 1.165) is 36.8 Å². The average molecular weight is 392 g/mol. The number of rotatable bonds is 2. The van der Waals surface area contributed by atoms with Gasteiger partial charge in [0.1, 0.15) is 0 Å². The van der Waals surface area contributed by atoms with E-state index in [1.807, 2.05) is 37.3 Å². The van der Waals surface area contributed by atoms with Crippen molar-refractivity contribution in [3.8, 4) is 0 Å². The van der Waals surface area contributed by atoms with Gasteiger partial charge in [0.2, 0.25) is 0 Å². The van der Waals surface area contributed by atoms with E-state index in [1.54, 1.807) is 0 Å². The van der Waals surface area contributed by atoms with E-state index in [9.17, 15) is 0 Å². The molecule has 0 radical (unpaired) electrons. The predicted molar refractivity (Wildman–Crippen MR) is 106 cm³/mol. The van der Waals surface area contributed by atoms with Crippen molar-refractivity contribution in [3.05, 3.63) is 67.1 Å². The molecule has 0 saturated heterocycles. The highest BCUT2D eigenvalue weighted by Crippen LogP contribution is 2.32. The Bertz CT molecular complexity index is 617. The Hall–Kier alpha value is -0.400. The molecule has 0 aliphatic rings. The first-order chi connectivity index (χ1) is 10.6. The molecule has 0 aromatic heterocycles. The van der Waals surface area contributed by atoms with Crippen molar-refractivity contribution in [3.63, 3.8) is 0 Å². The van der Waals surface area contributed by atoms with Gasteiger partial charge in [-0.05, 0) is 59.7 Å². The summed E-state index contributed by atoms with van der Waals surface area (Å²) in [5, 5.41) is 3.06. The fraction of sp³-hybridized carbons (Fsp3) is 0.368. The van der Waals surface area contributed by atoms with Crippen LogP contribution in [-0.4, -0.2) is 0 Å². The fourth-order valence-corrected chi connectivity index (χ4v) is 4.19. The molecular weight excluding hydrogens is 370 g/mol. The van der Waals surface area contributed by atoms with Gasteiger partial charge in [-0.2, -0.15) is 0 Å². The van der Waals surface area contributed by atoms with Crippen molar-refractivity contribution < 1.29 is 0 Å². The lowest BCUT2D eigenvalue weighted by Crippen LogP contribution is -1.91. The summed E-state index contributed by atoms with van der Waals surface area (Å²) in [6.45, 7) is 10.3. The highest BCUT2D eigenvalue weighted by molar-refractivity contribution is 6.36. The molecule has 0 unspecified atom stereocenters. The topological polar surface area (TPSA) is 0 Å². The van der Waals surface area contributed by atoms with Crippen LogP contribution < -0.4 is 0 Å². The summed E-state index contributed by atoms with van der Waals surface area (Å²) in [4.78, 5) is 0. The van der Waals surface area contributed by atoms with Crippen LogP contribution in [0, 0.1) is 6.92 Å². The highest BCUT2D eigenvalue weighted by atomic mass is 35.5. The van der Waals surface area contributed by atoms with Crippen molar-refractivity contribution in [2.45, 2.75) is 46.5 Å². The molecule has 2 aromatic carbocycles. The van der Waals surface area contributed by atoms with E-state index in [1.165, 1.54) is 0 Å². The van der Waals surface area contributed by atoms with Crippen LogP contribution in [0.4, 0.5) is 0 Å². The van der Waals surface area contributed by atoms with Crippen LogP contribution in [0.5, 0.6) is 0 Å².